The molecule has 0 aliphatic carbocycles. The van der Waals surface area contributed by atoms with Gasteiger partial charge in [-0.05, 0) is 24.3 Å². The number of aromatic nitrogens is 4. The zero-order chi connectivity index (χ0) is 20.6. The van der Waals surface area contributed by atoms with Crippen LogP contribution < -0.4 is 16.6 Å². The molecule has 1 N–H and O–H groups in total. The largest absolute Gasteiger partial charge is 0.332 e. The first kappa shape index (κ1) is 19.3. The van der Waals surface area contributed by atoms with Gasteiger partial charge in [0.2, 0.25) is 5.91 Å². The van der Waals surface area contributed by atoms with Crippen molar-refractivity contribution >= 4 is 28.5 Å². The van der Waals surface area contributed by atoms with Gasteiger partial charge in [-0.1, -0.05) is 13.8 Å². The summed E-state index contributed by atoms with van der Waals surface area (Å²) in [5, 5.41) is 2.76. The van der Waals surface area contributed by atoms with Crippen molar-refractivity contribution in [2.24, 2.45) is 20.0 Å². The number of aryl methyl sites for hydroxylation is 1. The normalized spacial score (nSPS) is 11.2. The lowest BCUT2D eigenvalue weighted by atomic mass is 10.1. The van der Waals surface area contributed by atoms with Crippen LogP contribution in [0.1, 0.15) is 24.2 Å². The molecule has 9 heteroatoms. The number of amides is 1. The number of anilines is 1. The molecule has 0 saturated heterocycles. The molecule has 0 fully saturated rings. The summed E-state index contributed by atoms with van der Waals surface area (Å²) in [5.41, 5.74) is 0.480. The lowest BCUT2D eigenvalue weighted by molar-refractivity contribution is -0.118. The molecule has 0 aliphatic rings. The van der Waals surface area contributed by atoms with E-state index in [0.717, 1.165) is 4.57 Å². The Morgan fingerprint density at radius 2 is 1.71 bits per heavy atom. The van der Waals surface area contributed by atoms with Crippen LogP contribution in [0.5, 0.6) is 0 Å². The number of hydrogen-bond donors (Lipinski definition) is 1. The van der Waals surface area contributed by atoms with Crippen LogP contribution in [-0.2, 0) is 25.4 Å². The topological polar surface area (TPSA) is 108 Å². The number of imidazole rings is 1. The van der Waals surface area contributed by atoms with Crippen molar-refractivity contribution in [3.63, 3.8) is 0 Å². The van der Waals surface area contributed by atoms with Crippen LogP contribution in [0.2, 0.25) is 0 Å². The lowest BCUT2D eigenvalue weighted by Crippen LogP contribution is -2.37. The van der Waals surface area contributed by atoms with Crippen molar-refractivity contribution in [1.29, 1.82) is 0 Å². The fraction of sp³-hybridized carbons (Fsp3) is 0.316. The molecule has 3 aromatic rings. The van der Waals surface area contributed by atoms with Crippen LogP contribution in [-0.4, -0.2) is 30.4 Å². The number of Topliss-reactive ketones (excluding diaryl/α,β-unsaturated/α-hetero) is 1. The Balaban J connectivity index is 1.87. The van der Waals surface area contributed by atoms with Crippen LogP contribution in [0.3, 0.4) is 0 Å². The van der Waals surface area contributed by atoms with Gasteiger partial charge in [0.15, 0.2) is 16.9 Å². The van der Waals surface area contributed by atoms with E-state index in [1.54, 1.807) is 38.1 Å². The van der Waals surface area contributed by atoms with Crippen LogP contribution in [0.25, 0.3) is 11.2 Å². The van der Waals surface area contributed by atoms with Gasteiger partial charge >= 0.3 is 5.69 Å². The van der Waals surface area contributed by atoms with E-state index in [-0.39, 0.29) is 35.3 Å². The minimum absolute atomic E-state index is 0.0956. The van der Waals surface area contributed by atoms with Crippen molar-refractivity contribution in [2.75, 3.05) is 5.32 Å². The Hall–Kier alpha value is -3.49. The van der Waals surface area contributed by atoms with E-state index in [1.807, 2.05) is 0 Å². The molecule has 2 aromatic heterocycles. The Bertz CT molecular complexity index is 1180. The van der Waals surface area contributed by atoms with Gasteiger partial charge in [0, 0.05) is 31.3 Å². The Kier molecular flexibility index (Phi) is 5.00. The van der Waals surface area contributed by atoms with Gasteiger partial charge in [0.05, 0.1) is 12.9 Å². The maximum atomic E-state index is 12.6. The summed E-state index contributed by atoms with van der Waals surface area (Å²) in [7, 11) is 2.90. The molecule has 1 amide bonds. The zero-order valence-electron chi connectivity index (χ0n) is 16.1. The van der Waals surface area contributed by atoms with Crippen molar-refractivity contribution < 1.29 is 9.59 Å². The van der Waals surface area contributed by atoms with Crippen molar-refractivity contribution in [2.45, 2.75) is 20.4 Å². The molecule has 2 heterocycles. The monoisotopic (exact) mass is 383 g/mol. The molecule has 0 radical (unpaired) electrons. The molecule has 0 unspecified atom stereocenters. The fourth-order valence-electron chi connectivity index (χ4n) is 2.79. The number of carbonyl (C=O) groups excluding carboxylic acids is 2. The summed E-state index contributed by atoms with van der Waals surface area (Å²) in [6.45, 7) is 3.49. The van der Waals surface area contributed by atoms with E-state index in [9.17, 15) is 19.2 Å². The Labute approximate surface area is 160 Å². The highest BCUT2D eigenvalue weighted by Gasteiger charge is 2.17. The van der Waals surface area contributed by atoms with Crippen molar-refractivity contribution in [1.82, 2.24) is 18.7 Å². The highest BCUT2D eigenvalue weighted by molar-refractivity contribution is 5.97. The van der Waals surface area contributed by atoms with E-state index in [0.29, 0.717) is 11.3 Å². The summed E-state index contributed by atoms with van der Waals surface area (Å²) in [4.78, 5) is 52.9. The van der Waals surface area contributed by atoms with E-state index in [2.05, 4.69) is 10.3 Å². The maximum absolute atomic E-state index is 12.6. The number of nitrogens with zero attached hydrogens (tertiary/aromatic N) is 4. The highest BCUT2D eigenvalue weighted by atomic mass is 16.2. The standard InChI is InChI=1S/C19H21N5O4/c1-11(2)17(26)21-13-7-5-12(6-8-13)14(25)9-24-10-20-16-15(24)18(27)23(4)19(28)22(16)3/h5-8,10-11H,9H2,1-4H3,(H,21,26). The number of ketones is 1. The maximum Gasteiger partial charge on any atom is 0.332 e. The number of carbonyl (C=O) groups is 2. The molecule has 0 aliphatic heterocycles. The second kappa shape index (κ2) is 7.26. The third-order valence-electron chi connectivity index (χ3n) is 4.53. The average Bonchev–Trinajstić information content (AvgIpc) is 3.08. The van der Waals surface area contributed by atoms with E-state index < -0.39 is 11.2 Å². The van der Waals surface area contributed by atoms with E-state index >= 15 is 0 Å². The van der Waals surface area contributed by atoms with Crippen molar-refractivity contribution in [3.8, 4) is 0 Å². The van der Waals surface area contributed by atoms with Gasteiger partial charge in [-0.3, -0.25) is 23.5 Å². The van der Waals surface area contributed by atoms with Gasteiger partial charge in [0.25, 0.3) is 5.56 Å². The number of fused-ring (bicyclic) bond motifs is 1. The number of nitrogens with one attached hydrogen (secondary N) is 1. The number of benzene rings is 1. The highest BCUT2D eigenvalue weighted by Crippen LogP contribution is 2.13. The molecule has 3 rings (SSSR count). The minimum Gasteiger partial charge on any atom is -0.326 e. The first-order valence-electron chi connectivity index (χ1n) is 8.75. The predicted molar refractivity (Wildman–Crippen MR) is 104 cm³/mol. The molecular formula is C19H21N5O4. The Morgan fingerprint density at radius 1 is 1.07 bits per heavy atom. The van der Waals surface area contributed by atoms with Gasteiger partial charge in [-0.25, -0.2) is 9.78 Å². The molecule has 146 valence electrons. The molecule has 0 spiro atoms. The summed E-state index contributed by atoms with van der Waals surface area (Å²) in [6, 6.07) is 6.54. The van der Waals surface area contributed by atoms with Crippen molar-refractivity contribution in [3.05, 3.63) is 57.0 Å². The summed E-state index contributed by atoms with van der Waals surface area (Å²) in [5.74, 6) is -0.475. The van der Waals surface area contributed by atoms with Crippen LogP contribution in [0, 0.1) is 5.92 Å². The smallest absolute Gasteiger partial charge is 0.326 e. The average molecular weight is 383 g/mol. The van der Waals surface area contributed by atoms with E-state index in [4.69, 9.17) is 0 Å². The first-order chi connectivity index (χ1) is 13.2. The zero-order valence-corrected chi connectivity index (χ0v) is 16.1. The predicted octanol–water partition coefficient (Wildman–Crippen LogP) is 0.911. The summed E-state index contributed by atoms with van der Waals surface area (Å²) in [6.07, 6.45) is 1.38. The van der Waals surface area contributed by atoms with Gasteiger partial charge < -0.3 is 9.88 Å². The molecule has 9 nitrogen and oxygen atoms in total. The lowest BCUT2D eigenvalue weighted by Gasteiger charge is -2.09. The molecule has 28 heavy (non-hydrogen) atoms. The van der Waals surface area contributed by atoms with Gasteiger partial charge in [-0.15, -0.1) is 0 Å². The molecular weight excluding hydrogens is 362 g/mol. The van der Waals surface area contributed by atoms with Crippen LogP contribution >= 0.6 is 0 Å². The van der Waals surface area contributed by atoms with Gasteiger partial charge in [0.1, 0.15) is 0 Å². The summed E-state index contributed by atoms with van der Waals surface area (Å²) >= 11 is 0. The summed E-state index contributed by atoms with van der Waals surface area (Å²) < 4.78 is 3.69. The molecule has 0 bridgehead atoms. The third-order valence-corrected chi connectivity index (χ3v) is 4.53. The molecule has 0 saturated carbocycles. The number of rotatable bonds is 5. The van der Waals surface area contributed by atoms with Crippen LogP contribution in [0.15, 0.2) is 40.2 Å². The quantitative estimate of drug-likeness (QED) is 0.659. The SMILES string of the molecule is CC(C)C(=O)Nc1ccc(C(=O)Cn2cnc3c2c(=O)n(C)c(=O)n3C)cc1. The first-order valence-corrected chi connectivity index (χ1v) is 8.75. The molecule has 0 atom stereocenters. The van der Waals surface area contributed by atoms with E-state index in [1.165, 1.54) is 29.6 Å². The number of hydrogen-bond acceptors (Lipinski definition) is 5. The Morgan fingerprint density at radius 3 is 2.32 bits per heavy atom. The third kappa shape index (κ3) is 3.38. The minimum atomic E-state index is -0.504. The van der Waals surface area contributed by atoms with Crippen LogP contribution in [0.4, 0.5) is 5.69 Å². The molecule has 1 aromatic carbocycles. The second-order valence-electron chi connectivity index (χ2n) is 6.89. The van der Waals surface area contributed by atoms with Gasteiger partial charge in [-0.2, -0.15) is 0 Å². The second-order valence-corrected chi connectivity index (χ2v) is 6.89. The fourth-order valence-corrected chi connectivity index (χ4v) is 2.79.